The van der Waals surface area contributed by atoms with Gasteiger partial charge < -0.3 is 21.1 Å². The molecule has 4 N–H and O–H groups in total. The number of rotatable bonds is 4. The molecular weight excluding hydrogens is 310 g/mol. The van der Waals surface area contributed by atoms with Gasteiger partial charge in [-0.1, -0.05) is 12.1 Å². The van der Waals surface area contributed by atoms with Gasteiger partial charge in [0.25, 0.3) is 0 Å². The third-order valence-corrected chi connectivity index (χ3v) is 4.92. The lowest BCUT2D eigenvalue weighted by molar-refractivity contribution is -0.127. The summed E-state index contributed by atoms with van der Waals surface area (Å²) in [5, 5.41) is 17.7. The minimum Gasteiger partial charge on any atom is -0.478 e. The van der Waals surface area contributed by atoms with Crippen LogP contribution in [-0.4, -0.2) is 34.6 Å². The first-order valence-electron chi connectivity index (χ1n) is 8.16. The Morgan fingerprint density at radius 2 is 1.96 bits per heavy atom. The van der Waals surface area contributed by atoms with Crippen molar-refractivity contribution >= 4 is 17.9 Å². The summed E-state index contributed by atoms with van der Waals surface area (Å²) in [6.45, 7) is 0.317. The van der Waals surface area contributed by atoms with E-state index in [0.717, 1.165) is 24.8 Å². The normalized spacial score (nSPS) is 21.5. The molecule has 2 fully saturated rings. The standard InChI is InChI=1S/C17H21N3O4/c21-14-7-6-13(17(20-14)8-1-9-17)19-16(24)18-10-11-2-4-12(5-3-11)15(22)23/h2-5,13H,1,6-10H2,(H,20,21)(H,22,23)(H2,18,19,24). The van der Waals surface area contributed by atoms with E-state index < -0.39 is 5.97 Å². The molecule has 1 saturated heterocycles. The van der Waals surface area contributed by atoms with Gasteiger partial charge in [-0.05, 0) is 43.4 Å². The van der Waals surface area contributed by atoms with Crippen molar-refractivity contribution < 1.29 is 19.5 Å². The van der Waals surface area contributed by atoms with Crippen LogP contribution in [0.25, 0.3) is 0 Å². The topological polar surface area (TPSA) is 108 Å². The lowest BCUT2D eigenvalue weighted by atomic mass is 9.68. The van der Waals surface area contributed by atoms with Crippen molar-refractivity contribution in [1.29, 1.82) is 0 Å². The number of hydrogen-bond donors (Lipinski definition) is 4. The molecule has 3 rings (SSSR count). The van der Waals surface area contributed by atoms with Gasteiger partial charge in [-0.2, -0.15) is 0 Å². The quantitative estimate of drug-likeness (QED) is 0.668. The first kappa shape index (κ1) is 16.3. The number of piperidine rings is 1. The molecule has 1 spiro atoms. The van der Waals surface area contributed by atoms with Gasteiger partial charge >= 0.3 is 12.0 Å². The molecule has 24 heavy (non-hydrogen) atoms. The molecule has 1 atom stereocenters. The van der Waals surface area contributed by atoms with Gasteiger partial charge in [0.1, 0.15) is 0 Å². The monoisotopic (exact) mass is 331 g/mol. The number of carboxylic acid groups (broad SMARTS) is 1. The third kappa shape index (κ3) is 3.34. The number of carboxylic acids is 1. The smallest absolute Gasteiger partial charge is 0.335 e. The van der Waals surface area contributed by atoms with Crippen LogP contribution < -0.4 is 16.0 Å². The molecule has 7 nitrogen and oxygen atoms in total. The lowest BCUT2D eigenvalue weighted by Gasteiger charge is -2.50. The van der Waals surface area contributed by atoms with E-state index >= 15 is 0 Å². The Kier molecular flexibility index (Phi) is 4.42. The highest BCUT2D eigenvalue weighted by molar-refractivity contribution is 5.87. The van der Waals surface area contributed by atoms with Crippen molar-refractivity contribution in [2.75, 3.05) is 0 Å². The molecule has 1 aliphatic carbocycles. The highest BCUT2D eigenvalue weighted by Gasteiger charge is 2.48. The Morgan fingerprint density at radius 1 is 1.25 bits per heavy atom. The Bertz CT molecular complexity index is 652. The van der Waals surface area contributed by atoms with E-state index in [1.807, 2.05) is 0 Å². The summed E-state index contributed by atoms with van der Waals surface area (Å²) in [6.07, 6.45) is 3.96. The van der Waals surface area contributed by atoms with E-state index in [2.05, 4.69) is 16.0 Å². The molecule has 0 aromatic heterocycles. The van der Waals surface area contributed by atoms with Crippen LogP contribution in [-0.2, 0) is 11.3 Å². The van der Waals surface area contributed by atoms with Gasteiger partial charge in [0.05, 0.1) is 17.1 Å². The molecule has 1 unspecified atom stereocenters. The highest BCUT2D eigenvalue weighted by atomic mass is 16.4. The summed E-state index contributed by atoms with van der Waals surface area (Å²) in [7, 11) is 0. The van der Waals surface area contributed by atoms with Crippen molar-refractivity contribution in [3.05, 3.63) is 35.4 Å². The molecule has 1 aromatic carbocycles. The van der Waals surface area contributed by atoms with Crippen LogP contribution in [0.15, 0.2) is 24.3 Å². The van der Waals surface area contributed by atoms with E-state index in [4.69, 9.17) is 5.11 Å². The zero-order chi connectivity index (χ0) is 17.2. The molecule has 0 radical (unpaired) electrons. The maximum atomic E-state index is 12.1. The minimum atomic E-state index is -0.975. The molecule has 1 aromatic rings. The summed E-state index contributed by atoms with van der Waals surface area (Å²) in [5.74, 6) is -0.913. The number of amides is 3. The number of urea groups is 1. The second kappa shape index (κ2) is 6.51. The van der Waals surface area contributed by atoms with Crippen molar-refractivity contribution in [3.8, 4) is 0 Å². The SMILES string of the molecule is O=C1CCC(NC(=O)NCc2ccc(C(=O)O)cc2)C2(CCC2)N1. The number of hydrogen-bond acceptors (Lipinski definition) is 3. The molecule has 1 heterocycles. The molecular formula is C17H21N3O4. The first-order valence-corrected chi connectivity index (χ1v) is 8.16. The Hall–Kier alpha value is -2.57. The predicted molar refractivity (Wildman–Crippen MR) is 86.5 cm³/mol. The average molecular weight is 331 g/mol. The van der Waals surface area contributed by atoms with E-state index in [-0.39, 0.29) is 29.1 Å². The summed E-state index contributed by atoms with van der Waals surface area (Å²) >= 11 is 0. The molecule has 1 saturated carbocycles. The van der Waals surface area contributed by atoms with E-state index in [1.54, 1.807) is 12.1 Å². The number of carbonyl (C=O) groups is 3. The second-order valence-corrected chi connectivity index (χ2v) is 6.48. The van der Waals surface area contributed by atoms with Crippen LogP contribution in [0.5, 0.6) is 0 Å². The lowest BCUT2D eigenvalue weighted by Crippen LogP contribution is -2.69. The van der Waals surface area contributed by atoms with Crippen LogP contribution in [0.3, 0.4) is 0 Å². The number of carbonyl (C=O) groups excluding carboxylic acids is 2. The summed E-state index contributed by atoms with van der Waals surface area (Å²) in [5.41, 5.74) is 0.772. The molecule has 128 valence electrons. The average Bonchev–Trinajstić information content (AvgIpc) is 2.53. The molecule has 0 bridgehead atoms. The minimum absolute atomic E-state index is 0.0432. The van der Waals surface area contributed by atoms with Crippen LogP contribution in [0.1, 0.15) is 48.0 Å². The molecule has 1 aliphatic heterocycles. The van der Waals surface area contributed by atoms with Gasteiger partial charge in [0, 0.05) is 13.0 Å². The van der Waals surface area contributed by atoms with Crippen molar-refractivity contribution in [2.45, 2.75) is 50.2 Å². The van der Waals surface area contributed by atoms with Crippen LogP contribution >= 0.6 is 0 Å². The van der Waals surface area contributed by atoms with Gasteiger partial charge in [-0.3, -0.25) is 4.79 Å². The van der Waals surface area contributed by atoms with E-state index in [0.29, 0.717) is 19.4 Å². The zero-order valence-corrected chi connectivity index (χ0v) is 13.3. The van der Waals surface area contributed by atoms with Gasteiger partial charge in [0.2, 0.25) is 5.91 Å². The van der Waals surface area contributed by atoms with E-state index in [9.17, 15) is 14.4 Å². The molecule has 3 amide bonds. The van der Waals surface area contributed by atoms with Crippen molar-refractivity contribution in [1.82, 2.24) is 16.0 Å². The number of aromatic carboxylic acids is 1. The van der Waals surface area contributed by atoms with Crippen molar-refractivity contribution in [3.63, 3.8) is 0 Å². The maximum absolute atomic E-state index is 12.1. The van der Waals surface area contributed by atoms with E-state index in [1.165, 1.54) is 12.1 Å². The third-order valence-electron chi connectivity index (χ3n) is 4.92. The Morgan fingerprint density at radius 3 is 2.54 bits per heavy atom. The zero-order valence-electron chi connectivity index (χ0n) is 13.3. The summed E-state index contributed by atoms with van der Waals surface area (Å²) in [6, 6.07) is 6.06. The first-order chi connectivity index (χ1) is 11.5. The van der Waals surface area contributed by atoms with Crippen LogP contribution in [0.4, 0.5) is 4.79 Å². The predicted octanol–water partition coefficient (Wildman–Crippen LogP) is 1.39. The Balaban J connectivity index is 1.52. The molecule has 2 aliphatic rings. The van der Waals surface area contributed by atoms with Gasteiger partial charge in [-0.15, -0.1) is 0 Å². The second-order valence-electron chi connectivity index (χ2n) is 6.48. The van der Waals surface area contributed by atoms with Crippen molar-refractivity contribution in [2.24, 2.45) is 0 Å². The fourth-order valence-corrected chi connectivity index (χ4v) is 3.38. The Labute approximate surface area is 139 Å². The largest absolute Gasteiger partial charge is 0.478 e. The number of nitrogens with one attached hydrogen (secondary N) is 3. The highest BCUT2D eigenvalue weighted by Crippen LogP contribution is 2.38. The summed E-state index contributed by atoms with van der Waals surface area (Å²) in [4.78, 5) is 34.6. The fourth-order valence-electron chi connectivity index (χ4n) is 3.38. The summed E-state index contributed by atoms with van der Waals surface area (Å²) < 4.78 is 0. The number of benzene rings is 1. The maximum Gasteiger partial charge on any atom is 0.335 e. The molecule has 7 heteroatoms. The van der Waals surface area contributed by atoms with Gasteiger partial charge in [0.15, 0.2) is 0 Å². The van der Waals surface area contributed by atoms with Gasteiger partial charge in [-0.25, -0.2) is 9.59 Å². The van der Waals surface area contributed by atoms with Crippen LogP contribution in [0.2, 0.25) is 0 Å². The fraction of sp³-hybridized carbons (Fsp3) is 0.471. The van der Waals surface area contributed by atoms with Crippen LogP contribution in [0, 0.1) is 0 Å².